The number of carbonyl (C=O) groups is 1. The van der Waals surface area contributed by atoms with Crippen LogP contribution in [0.25, 0.3) is 22.4 Å². The van der Waals surface area contributed by atoms with Gasteiger partial charge in [0.2, 0.25) is 5.91 Å². The van der Waals surface area contributed by atoms with Crippen LogP contribution in [0.1, 0.15) is 27.7 Å². The number of amides is 1. The molecular formula is C27H34N2O2S. The third-order valence-electron chi connectivity index (χ3n) is 4.69. The van der Waals surface area contributed by atoms with E-state index >= 15 is 0 Å². The van der Waals surface area contributed by atoms with Crippen molar-refractivity contribution in [3.63, 3.8) is 0 Å². The molecule has 2 aromatic carbocycles. The van der Waals surface area contributed by atoms with Crippen molar-refractivity contribution in [1.29, 1.82) is 0 Å². The number of pyridine rings is 1. The van der Waals surface area contributed by atoms with Gasteiger partial charge in [-0.15, -0.1) is 0 Å². The van der Waals surface area contributed by atoms with E-state index in [-0.39, 0.29) is 5.91 Å². The molecule has 1 saturated heterocycles. The Labute approximate surface area is 197 Å². The second kappa shape index (κ2) is 14.4. The number of benzene rings is 2. The van der Waals surface area contributed by atoms with Crippen molar-refractivity contribution in [2.45, 2.75) is 32.7 Å². The third-order valence-corrected chi connectivity index (χ3v) is 5.58. The lowest BCUT2D eigenvalue weighted by atomic mass is 10.0. The fourth-order valence-corrected chi connectivity index (χ4v) is 4.00. The van der Waals surface area contributed by atoms with Gasteiger partial charge in [-0.1, -0.05) is 100 Å². The van der Waals surface area contributed by atoms with Gasteiger partial charge < -0.3 is 9.64 Å². The van der Waals surface area contributed by atoms with Crippen molar-refractivity contribution in [3.05, 3.63) is 72.8 Å². The first kappa shape index (κ1) is 25.6. The number of hydrogen-bond donors (Lipinski definition) is 0. The van der Waals surface area contributed by atoms with Gasteiger partial charge in [0.05, 0.1) is 29.7 Å². The van der Waals surface area contributed by atoms with Crippen molar-refractivity contribution < 1.29 is 9.53 Å². The minimum Gasteiger partial charge on any atom is -0.378 e. The highest BCUT2D eigenvalue weighted by Crippen LogP contribution is 2.29. The molecule has 0 radical (unpaired) electrons. The standard InChI is InChI=1S/C23H22N2O2S.2C2H6/c26-23(25-11-13-27-14-12-25)17-28-22-16-20(18-7-3-1-4-8-18)15-21(24-22)19-9-5-2-6-10-19;2*1-2/h1-10,15-16H,11-14,17H2;2*1-2H3. The van der Waals surface area contributed by atoms with E-state index in [2.05, 4.69) is 36.4 Å². The monoisotopic (exact) mass is 450 g/mol. The van der Waals surface area contributed by atoms with Gasteiger partial charge in [0.15, 0.2) is 0 Å². The van der Waals surface area contributed by atoms with Crippen LogP contribution < -0.4 is 0 Å². The second-order valence-corrected chi connectivity index (χ2v) is 7.59. The summed E-state index contributed by atoms with van der Waals surface area (Å²) in [7, 11) is 0. The number of thioether (sulfide) groups is 1. The van der Waals surface area contributed by atoms with Crippen LogP contribution in [-0.2, 0) is 9.53 Å². The van der Waals surface area contributed by atoms with Crippen molar-refractivity contribution >= 4 is 17.7 Å². The normalized spacial score (nSPS) is 12.7. The Hall–Kier alpha value is -2.63. The first-order valence-electron chi connectivity index (χ1n) is 11.4. The first-order valence-corrected chi connectivity index (χ1v) is 12.4. The van der Waals surface area contributed by atoms with Crippen LogP contribution >= 0.6 is 11.8 Å². The largest absolute Gasteiger partial charge is 0.378 e. The molecule has 0 aliphatic carbocycles. The molecule has 32 heavy (non-hydrogen) atoms. The summed E-state index contributed by atoms with van der Waals surface area (Å²) in [5, 5.41) is 0.863. The Morgan fingerprint density at radius 2 is 1.41 bits per heavy atom. The molecule has 1 amide bonds. The summed E-state index contributed by atoms with van der Waals surface area (Å²) in [5.41, 5.74) is 4.24. The zero-order valence-electron chi connectivity index (χ0n) is 19.6. The molecule has 5 heteroatoms. The molecule has 0 spiro atoms. The van der Waals surface area contributed by atoms with Crippen LogP contribution in [0.2, 0.25) is 0 Å². The van der Waals surface area contributed by atoms with Crippen LogP contribution in [-0.4, -0.2) is 47.8 Å². The second-order valence-electron chi connectivity index (χ2n) is 6.59. The molecule has 0 bridgehead atoms. The summed E-state index contributed by atoms with van der Waals surface area (Å²) in [6, 6.07) is 24.6. The molecule has 1 aromatic heterocycles. The van der Waals surface area contributed by atoms with Crippen molar-refractivity contribution in [3.8, 4) is 22.4 Å². The molecule has 0 N–H and O–H groups in total. The smallest absolute Gasteiger partial charge is 0.233 e. The molecule has 0 unspecified atom stereocenters. The average Bonchev–Trinajstić information content (AvgIpc) is 2.91. The Kier molecular flexibility index (Phi) is 11.6. The number of hydrogen-bond acceptors (Lipinski definition) is 4. The number of rotatable bonds is 5. The number of nitrogens with zero attached hydrogens (tertiary/aromatic N) is 2. The Balaban J connectivity index is 0.000000860. The molecule has 3 aromatic rings. The lowest BCUT2D eigenvalue weighted by Crippen LogP contribution is -2.41. The van der Waals surface area contributed by atoms with Crippen LogP contribution in [0.3, 0.4) is 0 Å². The number of carbonyl (C=O) groups excluding carboxylic acids is 1. The quantitative estimate of drug-likeness (QED) is 0.421. The predicted octanol–water partition coefficient (Wildman–Crippen LogP) is 6.42. The van der Waals surface area contributed by atoms with E-state index in [9.17, 15) is 4.79 Å². The Bertz CT molecular complexity index is 869. The van der Waals surface area contributed by atoms with Gasteiger partial charge in [-0.25, -0.2) is 4.98 Å². The van der Waals surface area contributed by atoms with E-state index < -0.39 is 0 Å². The number of morpholine rings is 1. The zero-order chi connectivity index (χ0) is 23.2. The maximum absolute atomic E-state index is 12.5. The maximum atomic E-state index is 12.5. The van der Waals surface area contributed by atoms with E-state index in [1.807, 2.05) is 69.0 Å². The minimum atomic E-state index is 0.140. The van der Waals surface area contributed by atoms with Gasteiger partial charge in [0.1, 0.15) is 0 Å². The van der Waals surface area contributed by atoms with Gasteiger partial charge in [0, 0.05) is 18.7 Å². The van der Waals surface area contributed by atoms with Gasteiger partial charge >= 0.3 is 0 Å². The summed E-state index contributed by atoms with van der Waals surface area (Å²) < 4.78 is 5.33. The van der Waals surface area contributed by atoms with Gasteiger partial charge in [0.25, 0.3) is 0 Å². The molecule has 170 valence electrons. The number of ether oxygens (including phenoxy) is 1. The zero-order valence-corrected chi connectivity index (χ0v) is 20.4. The fraction of sp³-hybridized carbons (Fsp3) is 0.333. The van der Waals surface area contributed by atoms with Crippen LogP contribution in [0.4, 0.5) is 0 Å². The number of aromatic nitrogens is 1. The molecule has 1 aliphatic rings. The van der Waals surface area contributed by atoms with E-state index in [0.29, 0.717) is 32.1 Å². The van der Waals surface area contributed by atoms with Crippen LogP contribution in [0, 0.1) is 0 Å². The maximum Gasteiger partial charge on any atom is 0.233 e. The molecule has 4 rings (SSSR count). The highest BCUT2D eigenvalue weighted by atomic mass is 32.2. The molecule has 4 nitrogen and oxygen atoms in total. The van der Waals surface area contributed by atoms with Gasteiger partial charge in [-0.3, -0.25) is 4.79 Å². The topological polar surface area (TPSA) is 42.4 Å². The van der Waals surface area contributed by atoms with Gasteiger partial charge in [-0.05, 0) is 23.3 Å². The van der Waals surface area contributed by atoms with Gasteiger partial charge in [-0.2, -0.15) is 0 Å². The fourth-order valence-electron chi connectivity index (χ4n) is 3.17. The molecule has 0 atom stereocenters. The lowest BCUT2D eigenvalue weighted by Gasteiger charge is -2.26. The summed E-state index contributed by atoms with van der Waals surface area (Å²) >= 11 is 1.50. The molecule has 0 saturated carbocycles. The van der Waals surface area contributed by atoms with Crippen LogP contribution in [0.5, 0.6) is 0 Å². The first-order chi connectivity index (χ1) is 15.8. The highest BCUT2D eigenvalue weighted by Gasteiger charge is 2.17. The summed E-state index contributed by atoms with van der Waals surface area (Å²) in [6.45, 7) is 10.6. The predicted molar refractivity (Wildman–Crippen MR) is 136 cm³/mol. The molecule has 1 aliphatic heterocycles. The van der Waals surface area contributed by atoms with Crippen molar-refractivity contribution in [1.82, 2.24) is 9.88 Å². The molecular weight excluding hydrogens is 416 g/mol. The highest BCUT2D eigenvalue weighted by molar-refractivity contribution is 7.99. The van der Waals surface area contributed by atoms with E-state index in [1.54, 1.807) is 0 Å². The SMILES string of the molecule is CC.CC.O=C(CSc1cc(-c2ccccc2)cc(-c2ccccc2)n1)N1CCOCC1. The van der Waals surface area contributed by atoms with E-state index in [0.717, 1.165) is 27.4 Å². The lowest BCUT2D eigenvalue weighted by molar-refractivity contribution is -0.132. The molecule has 1 fully saturated rings. The van der Waals surface area contributed by atoms with Crippen LogP contribution in [0.15, 0.2) is 77.8 Å². The summed E-state index contributed by atoms with van der Waals surface area (Å²) in [6.07, 6.45) is 0. The summed E-state index contributed by atoms with van der Waals surface area (Å²) in [4.78, 5) is 19.2. The van der Waals surface area contributed by atoms with Crippen molar-refractivity contribution in [2.75, 3.05) is 32.1 Å². The Morgan fingerprint density at radius 1 is 0.844 bits per heavy atom. The molecule has 2 heterocycles. The minimum absolute atomic E-state index is 0.140. The van der Waals surface area contributed by atoms with E-state index in [1.165, 1.54) is 11.8 Å². The Morgan fingerprint density at radius 3 is 2.00 bits per heavy atom. The summed E-state index contributed by atoms with van der Waals surface area (Å²) in [5.74, 6) is 0.529. The average molecular weight is 451 g/mol. The van der Waals surface area contributed by atoms with Crippen molar-refractivity contribution in [2.24, 2.45) is 0 Å². The third kappa shape index (κ3) is 7.50. The van der Waals surface area contributed by atoms with E-state index in [4.69, 9.17) is 9.72 Å².